The van der Waals surface area contributed by atoms with Gasteiger partial charge in [-0.25, -0.2) is 4.98 Å². The number of carbonyl (C=O) groups is 1. The Morgan fingerprint density at radius 2 is 2.11 bits per heavy atom. The van der Waals surface area contributed by atoms with Crippen molar-refractivity contribution in [2.45, 2.75) is 13.3 Å². The van der Waals surface area contributed by atoms with E-state index in [-0.39, 0.29) is 5.91 Å². The quantitative estimate of drug-likeness (QED) is 0.868. The SMILES string of the molecule is Cc1nc(-c2ccc(NC(=O)CCCl)cc2)cs1. The maximum atomic E-state index is 11.4. The number of hydrogen-bond acceptors (Lipinski definition) is 3. The van der Waals surface area contributed by atoms with Crippen LogP contribution in [0.3, 0.4) is 0 Å². The van der Waals surface area contributed by atoms with Gasteiger partial charge in [0.15, 0.2) is 0 Å². The number of hydrogen-bond donors (Lipinski definition) is 1. The molecule has 1 amide bonds. The summed E-state index contributed by atoms with van der Waals surface area (Å²) in [7, 11) is 0. The molecule has 1 N–H and O–H groups in total. The number of rotatable bonds is 4. The van der Waals surface area contributed by atoms with E-state index >= 15 is 0 Å². The lowest BCUT2D eigenvalue weighted by Gasteiger charge is -2.04. The van der Waals surface area contributed by atoms with Gasteiger partial charge in [0, 0.05) is 28.9 Å². The highest BCUT2D eigenvalue weighted by Crippen LogP contribution is 2.23. The molecular formula is C13H13ClN2OS. The summed E-state index contributed by atoms with van der Waals surface area (Å²) in [5.41, 5.74) is 2.80. The molecule has 5 heteroatoms. The van der Waals surface area contributed by atoms with Crippen LogP contribution in [0.25, 0.3) is 11.3 Å². The van der Waals surface area contributed by atoms with Gasteiger partial charge in [-0.2, -0.15) is 0 Å². The van der Waals surface area contributed by atoms with Gasteiger partial charge in [-0.1, -0.05) is 12.1 Å². The molecule has 0 radical (unpaired) electrons. The van der Waals surface area contributed by atoms with Crippen LogP contribution >= 0.6 is 22.9 Å². The maximum Gasteiger partial charge on any atom is 0.225 e. The zero-order valence-corrected chi connectivity index (χ0v) is 11.5. The summed E-state index contributed by atoms with van der Waals surface area (Å²) in [6.45, 7) is 1.98. The summed E-state index contributed by atoms with van der Waals surface area (Å²) in [6.07, 6.45) is 0.328. The average molecular weight is 281 g/mol. The van der Waals surface area contributed by atoms with Crippen molar-refractivity contribution in [3.8, 4) is 11.3 Å². The normalized spacial score (nSPS) is 10.3. The third-order valence-electron chi connectivity index (χ3n) is 2.40. The summed E-state index contributed by atoms with van der Waals surface area (Å²) < 4.78 is 0. The van der Waals surface area contributed by atoms with Crippen molar-refractivity contribution >= 4 is 34.5 Å². The Hall–Kier alpha value is -1.39. The van der Waals surface area contributed by atoms with E-state index in [9.17, 15) is 4.79 Å². The van der Waals surface area contributed by atoms with Gasteiger partial charge in [0.05, 0.1) is 10.7 Å². The van der Waals surface area contributed by atoms with E-state index in [2.05, 4.69) is 10.3 Å². The molecule has 0 atom stereocenters. The molecule has 1 heterocycles. The lowest BCUT2D eigenvalue weighted by molar-refractivity contribution is -0.115. The minimum atomic E-state index is -0.0674. The van der Waals surface area contributed by atoms with E-state index in [1.54, 1.807) is 11.3 Å². The van der Waals surface area contributed by atoms with Crippen LogP contribution < -0.4 is 5.32 Å². The van der Waals surface area contributed by atoms with Crippen LogP contribution in [-0.2, 0) is 4.79 Å². The number of halogens is 1. The molecular weight excluding hydrogens is 268 g/mol. The van der Waals surface area contributed by atoms with Gasteiger partial charge < -0.3 is 5.32 Å². The molecule has 18 heavy (non-hydrogen) atoms. The molecule has 0 bridgehead atoms. The molecule has 2 rings (SSSR count). The van der Waals surface area contributed by atoms with Gasteiger partial charge in [-0.3, -0.25) is 4.79 Å². The molecule has 94 valence electrons. The van der Waals surface area contributed by atoms with E-state index in [1.165, 1.54) is 0 Å². The van der Waals surface area contributed by atoms with Crippen molar-refractivity contribution in [2.24, 2.45) is 0 Å². The highest BCUT2D eigenvalue weighted by Gasteiger charge is 2.04. The number of nitrogens with one attached hydrogen (secondary N) is 1. The number of anilines is 1. The second kappa shape index (κ2) is 5.98. The Balaban J connectivity index is 2.08. The second-order valence-corrected chi connectivity index (χ2v) is 5.26. The molecule has 0 saturated carbocycles. The first-order valence-corrected chi connectivity index (χ1v) is 6.99. The van der Waals surface area contributed by atoms with Crippen molar-refractivity contribution < 1.29 is 4.79 Å². The predicted octanol–water partition coefficient (Wildman–Crippen LogP) is 3.69. The van der Waals surface area contributed by atoms with Crippen molar-refractivity contribution in [3.63, 3.8) is 0 Å². The van der Waals surface area contributed by atoms with Gasteiger partial charge in [0.1, 0.15) is 0 Å². The van der Waals surface area contributed by atoms with E-state index in [1.807, 2.05) is 36.6 Å². The fourth-order valence-electron chi connectivity index (χ4n) is 1.53. The fourth-order valence-corrected chi connectivity index (χ4v) is 2.32. The number of nitrogens with zero attached hydrogens (tertiary/aromatic N) is 1. The standard InChI is InChI=1S/C13H13ClN2OS/c1-9-15-12(8-18-9)10-2-4-11(5-3-10)16-13(17)6-7-14/h2-5,8H,6-7H2,1H3,(H,16,17). The minimum Gasteiger partial charge on any atom is -0.326 e. The molecule has 2 aromatic rings. The Labute approximate surface area is 115 Å². The molecule has 0 fully saturated rings. The summed E-state index contributed by atoms with van der Waals surface area (Å²) in [4.78, 5) is 15.8. The molecule has 3 nitrogen and oxygen atoms in total. The summed E-state index contributed by atoms with van der Waals surface area (Å²) in [6, 6.07) is 7.64. The minimum absolute atomic E-state index is 0.0674. The summed E-state index contributed by atoms with van der Waals surface area (Å²) in [5.74, 6) is 0.268. The van der Waals surface area contributed by atoms with Crippen molar-refractivity contribution in [3.05, 3.63) is 34.7 Å². The van der Waals surface area contributed by atoms with E-state index in [0.717, 1.165) is 22.0 Å². The van der Waals surface area contributed by atoms with Gasteiger partial charge in [0.25, 0.3) is 0 Å². The average Bonchev–Trinajstić information content (AvgIpc) is 2.77. The van der Waals surface area contributed by atoms with Crippen LogP contribution in [0.15, 0.2) is 29.6 Å². The Morgan fingerprint density at radius 1 is 1.39 bits per heavy atom. The highest BCUT2D eigenvalue weighted by molar-refractivity contribution is 7.09. The third-order valence-corrected chi connectivity index (χ3v) is 3.37. The van der Waals surface area contributed by atoms with Gasteiger partial charge in [0.2, 0.25) is 5.91 Å². The molecule has 0 saturated heterocycles. The third kappa shape index (κ3) is 3.31. The van der Waals surface area contributed by atoms with Crippen molar-refractivity contribution in [1.29, 1.82) is 0 Å². The van der Waals surface area contributed by atoms with Crippen LogP contribution in [-0.4, -0.2) is 16.8 Å². The monoisotopic (exact) mass is 280 g/mol. The first-order chi connectivity index (χ1) is 8.69. The lowest BCUT2D eigenvalue weighted by atomic mass is 10.1. The van der Waals surface area contributed by atoms with Crippen LogP contribution in [0.4, 0.5) is 5.69 Å². The number of benzene rings is 1. The fraction of sp³-hybridized carbons (Fsp3) is 0.231. The molecule has 0 unspecified atom stereocenters. The Morgan fingerprint density at radius 3 is 2.67 bits per heavy atom. The number of aromatic nitrogens is 1. The van der Waals surface area contributed by atoms with Crippen LogP contribution in [0.1, 0.15) is 11.4 Å². The molecule has 0 aliphatic carbocycles. The van der Waals surface area contributed by atoms with Crippen LogP contribution in [0, 0.1) is 6.92 Å². The molecule has 1 aromatic heterocycles. The second-order valence-electron chi connectivity index (χ2n) is 3.82. The molecule has 1 aromatic carbocycles. The number of carbonyl (C=O) groups excluding carboxylic acids is 1. The molecule has 0 aliphatic rings. The van der Waals surface area contributed by atoms with Crippen LogP contribution in [0.5, 0.6) is 0 Å². The first-order valence-electron chi connectivity index (χ1n) is 5.57. The highest BCUT2D eigenvalue weighted by atomic mass is 35.5. The van der Waals surface area contributed by atoms with Gasteiger partial charge in [-0.15, -0.1) is 22.9 Å². The Bertz CT molecular complexity index is 536. The van der Waals surface area contributed by atoms with Gasteiger partial charge in [-0.05, 0) is 19.1 Å². The number of amides is 1. The smallest absolute Gasteiger partial charge is 0.225 e. The lowest BCUT2D eigenvalue weighted by Crippen LogP contribution is -2.11. The molecule has 0 aliphatic heterocycles. The van der Waals surface area contributed by atoms with Gasteiger partial charge >= 0.3 is 0 Å². The number of thiazole rings is 1. The van der Waals surface area contributed by atoms with Crippen LogP contribution in [0.2, 0.25) is 0 Å². The van der Waals surface area contributed by atoms with E-state index < -0.39 is 0 Å². The van der Waals surface area contributed by atoms with E-state index in [0.29, 0.717) is 12.3 Å². The maximum absolute atomic E-state index is 11.4. The summed E-state index contributed by atoms with van der Waals surface area (Å²) in [5, 5.41) is 5.86. The largest absolute Gasteiger partial charge is 0.326 e. The topological polar surface area (TPSA) is 42.0 Å². The van der Waals surface area contributed by atoms with Crippen molar-refractivity contribution in [1.82, 2.24) is 4.98 Å². The van der Waals surface area contributed by atoms with Crippen molar-refractivity contribution in [2.75, 3.05) is 11.2 Å². The van der Waals surface area contributed by atoms with E-state index in [4.69, 9.17) is 11.6 Å². The number of alkyl halides is 1. The number of aryl methyl sites for hydroxylation is 1. The zero-order chi connectivity index (χ0) is 13.0. The molecule has 0 spiro atoms. The summed E-state index contributed by atoms with van der Waals surface area (Å²) >= 11 is 7.13. The first kappa shape index (κ1) is 13.1. The predicted molar refractivity (Wildman–Crippen MR) is 76.3 cm³/mol. The zero-order valence-electron chi connectivity index (χ0n) is 9.94. The Kier molecular flexibility index (Phi) is 4.33.